The lowest BCUT2D eigenvalue weighted by atomic mass is 9.98. The molecule has 0 heterocycles. The zero-order valence-electron chi connectivity index (χ0n) is 10.9. The van der Waals surface area contributed by atoms with Gasteiger partial charge in [0, 0.05) is 6.08 Å². The molecule has 0 unspecified atom stereocenters. The second-order valence-electron chi connectivity index (χ2n) is 4.10. The second-order valence-corrected chi connectivity index (χ2v) is 4.10. The minimum Gasteiger partial charge on any atom is -0.481 e. The van der Waals surface area contributed by atoms with E-state index >= 15 is 0 Å². The molecule has 0 aromatic heterocycles. The maximum Gasteiger partial charge on any atom is 0.327 e. The van der Waals surface area contributed by atoms with E-state index in [1.165, 1.54) is 12.8 Å². The Hall–Kier alpha value is -1.32. The summed E-state index contributed by atoms with van der Waals surface area (Å²) >= 11 is 0. The zero-order valence-corrected chi connectivity index (χ0v) is 10.9. The molecular formula is C12H24O4. The molecular weight excluding hydrogens is 208 g/mol. The van der Waals surface area contributed by atoms with Gasteiger partial charge in [-0.25, -0.2) is 4.79 Å². The zero-order chi connectivity index (χ0) is 13.8. The summed E-state index contributed by atoms with van der Waals surface area (Å²) in [6.07, 6.45) is 3.47. The highest BCUT2D eigenvalue weighted by molar-refractivity contribution is 5.78. The number of unbranched alkanes of at least 4 members (excludes halogenated alkanes) is 1. The second kappa shape index (κ2) is 11.8. The molecule has 0 saturated carbocycles. The van der Waals surface area contributed by atoms with Gasteiger partial charge < -0.3 is 10.2 Å². The minimum absolute atomic E-state index is 0.583. The molecule has 4 heteroatoms. The van der Waals surface area contributed by atoms with Crippen molar-refractivity contribution in [3.63, 3.8) is 0 Å². The first-order chi connectivity index (χ1) is 7.13. The lowest BCUT2D eigenvalue weighted by molar-refractivity contribution is -0.145. The molecule has 0 aliphatic rings. The number of carbonyl (C=O) groups is 2. The smallest absolute Gasteiger partial charge is 0.327 e. The first kappa shape index (κ1) is 20.1. The number of carboxylic acid groups (broad SMARTS) is 2. The quantitative estimate of drug-likeness (QED) is 0.717. The van der Waals surface area contributed by atoms with Gasteiger partial charge in [-0.05, 0) is 20.8 Å². The monoisotopic (exact) mass is 232 g/mol. The number of carboxylic acids is 2. The lowest BCUT2D eigenvalue weighted by Crippen LogP contribution is -2.18. The van der Waals surface area contributed by atoms with Crippen LogP contribution in [0, 0.1) is 5.41 Å². The summed E-state index contributed by atoms with van der Waals surface area (Å²) in [6, 6.07) is 0. The molecule has 0 bridgehead atoms. The fourth-order valence-corrected chi connectivity index (χ4v) is 0. The van der Waals surface area contributed by atoms with Crippen LogP contribution in [0.3, 0.4) is 0 Å². The van der Waals surface area contributed by atoms with Crippen LogP contribution in [0.15, 0.2) is 12.7 Å². The summed E-state index contributed by atoms with van der Waals surface area (Å²) in [5.41, 5.74) is -0.583. The third-order valence-electron chi connectivity index (χ3n) is 1.32. The molecule has 0 fully saturated rings. The Morgan fingerprint density at radius 1 is 1.12 bits per heavy atom. The van der Waals surface area contributed by atoms with E-state index in [1.807, 2.05) is 0 Å². The van der Waals surface area contributed by atoms with Crippen molar-refractivity contribution in [3.05, 3.63) is 12.7 Å². The number of rotatable bonds is 2. The molecule has 0 aromatic rings. The van der Waals surface area contributed by atoms with Crippen LogP contribution in [0.1, 0.15) is 47.5 Å². The number of hydrogen-bond donors (Lipinski definition) is 2. The maximum atomic E-state index is 10.0. The Labute approximate surface area is 98.0 Å². The third-order valence-corrected chi connectivity index (χ3v) is 1.32. The van der Waals surface area contributed by atoms with Crippen LogP contribution in [0.25, 0.3) is 0 Å². The van der Waals surface area contributed by atoms with Gasteiger partial charge in [0.25, 0.3) is 0 Å². The van der Waals surface area contributed by atoms with Gasteiger partial charge >= 0.3 is 11.9 Å². The number of aliphatic carboxylic acids is 2. The van der Waals surface area contributed by atoms with Crippen LogP contribution in [0.2, 0.25) is 0 Å². The van der Waals surface area contributed by atoms with Crippen LogP contribution in [0.4, 0.5) is 0 Å². The van der Waals surface area contributed by atoms with Gasteiger partial charge in [0.15, 0.2) is 0 Å². The van der Waals surface area contributed by atoms with Gasteiger partial charge in [-0.3, -0.25) is 4.79 Å². The van der Waals surface area contributed by atoms with Gasteiger partial charge in [0.2, 0.25) is 0 Å². The molecule has 2 N–H and O–H groups in total. The first-order valence-corrected chi connectivity index (χ1v) is 5.22. The molecule has 16 heavy (non-hydrogen) atoms. The lowest BCUT2D eigenvalue weighted by Gasteiger charge is -2.08. The van der Waals surface area contributed by atoms with Gasteiger partial charge in [-0.1, -0.05) is 33.3 Å². The van der Waals surface area contributed by atoms with Gasteiger partial charge in [-0.15, -0.1) is 0 Å². The van der Waals surface area contributed by atoms with Crippen LogP contribution in [-0.4, -0.2) is 22.2 Å². The summed E-state index contributed by atoms with van der Waals surface area (Å²) < 4.78 is 0. The predicted octanol–water partition coefficient (Wildman–Crippen LogP) is 3.18. The van der Waals surface area contributed by atoms with E-state index in [-0.39, 0.29) is 0 Å². The fraction of sp³-hybridized carbons (Fsp3) is 0.667. The molecule has 96 valence electrons. The van der Waals surface area contributed by atoms with Crippen molar-refractivity contribution < 1.29 is 19.8 Å². The highest BCUT2D eigenvalue weighted by Gasteiger charge is 2.18. The molecule has 0 aromatic carbocycles. The Morgan fingerprint density at radius 2 is 1.31 bits per heavy atom. The largest absolute Gasteiger partial charge is 0.481 e. The average Bonchev–Trinajstić information content (AvgIpc) is 2.17. The molecule has 0 amide bonds. The van der Waals surface area contributed by atoms with E-state index in [9.17, 15) is 9.59 Å². The summed E-state index contributed by atoms with van der Waals surface area (Å²) in [7, 11) is 0. The van der Waals surface area contributed by atoms with Crippen molar-refractivity contribution in [2.75, 3.05) is 0 Å². The fourth-order valence-electron chi connectivity index (χ4n) is 0. The van der Waals surface area contributed by atoms with Crippen molar-refractivity contribution in [2.24, 2.45) is 5.41 Å². The molecule has 0 aliphatic carbocycles. The van der Waals surface area contributed by atoms with Crippen molar-refractivity contribution in [1.82, 2.24) is 0 Å². The molecule has 0 rings (SSSR count). The Bertz CT molecular complexity index is 200. The standard InChI is InChI=1S/C5H10O2.C4H10.C3H4O2/c1-5(2,3)4(6)7;1-3-4-2;1-2-3(4)5/h1-3H3,(H,6,7);3-4H2,1-2H3;2H,1H2,(H,4,5). The van der Waals surface area contributed by atoms with Crippen LogP contribution < -0.4 is 0 Å². The highest BCUT2D eigenvalue weighted by Crippen LogP contribution is 2.11. The van der Waals surface area contributed by atoms with Gasteiger partial charge in [0.05, 0.1) is 5.41 Å². The Balaban J connectivity index is -0.000000166. The SMILES string of the molecule is C=CC(=O)O.CC(C)(C)C(=O)O.CCCC. The van der Waals surface area contributed by atoms with E-state index in [2.05, 4.69) is 20.4 Å². The van der Waals surface area contributed by atoms with Gasteiger partial charge in [-0.2, -0.15) is 0 Å². The molecule has 0 saturated heterocycles. The predicted molar refractivity (Wildman–Crippen MR) is 65.5 cm³/mol. The van der Waals surface area contributed by atoms with Crippen molar-refractivity contribution in [1.29, 1.82) is 0 Å². The molecule has 4 nitrogen and oxygen atoms in total. The van der Waals surface area contributed by atoms with Crippen molar-refractivity contribution in [2.45, 2.75) is 47.5 Å². The highest BCUT2D eigenvalue weighted by atomic mass is 16.4. The van der Waals surface area contributed by atoms with Gasteiger partial charge in [0.1, 0.15) is 0 Å². The average molecular weight is 232 g/mol. The maximum absolute atomic E-state index is 10.0. The summed E-state index contributed by atoms with van der Waals surface area (Å²) in [4.78, 5) is 19.3. The van der Waals surface area contributed by atoms with E-state index in [0.29, 0.717) is 0 Å². The van der Waals surface area contributed by atoms with Crippen molar-refractivity contribution >= 4 is 11.9 Å². The van der Waals surface area contributed by atoms with Crippen LogP contribution >= 0.6 is 0 Å². The molecule has 0 spiro atoms. The normalized spacial score (nSPS) is 8.81. The topological polar surface area (TPSA) is 74.6 Å². The van der Waals surface area contributed by atoms with E-state index in [4.69, 9.17) is 10.2 Å². The third kappa shape index (κ3) is 29.3. The Kier molecular flexibility index (Phi) is 14.8. The van der Waals surface area contributed by atoms with Crippen molar-refractivity contribution in [3.8, 4) is 0 Å². The first-order valence-electron chi connectivity index (χ1n) is 5.22. The van der Waals surface area contributed by atoms with E-state index < -0.39 is 17.4 Å². The molecule has 0 atom stereocenters. The van der Waals surface area contributed by atoms with E-state index in [0.717, 1.165) is 6.08 Å². The van der Waals surface area contributed by atoms with E-state index in [1.54, 1.807) is 20.8 Å². The summed E-state index contributed by atoms with van der Waals surface area (Å²) in [5, 5.41) is 15.9. The summed E-state index contributed by atoms with van der Waals surface area (Å²) in [6.45, 7) is 12.3. The minimum atomic E-state index is -0.981. The Morgan fingerprint density at radius 3 is 1.31 bits per heavy atom. The summed E-state index contributed by atoms with van der Waals surface area (Å²) in [5.74, 6) is -1.74. The molecule has 0 aliphatic heterocycles. The molecule has 0 radical (unpaired) electrons. The van der Waals surface area contributed by atoms with Crippen LogP contribution in [-0.2, 0) is 9.59 Å². The van der Waals surface area contributed by atoms with Crippen LogP contribution in [0.5, 0.6) is 0 Å². The number of hydrogen-bond acceptors (Lipinski definition) is 2.